The van der Waals surface area contributed by atoms with Gasteiger partial charge in [0.25, 0.3) is 0 Å². The zero-order valence-corrected chi connectivity index (χ0v) is 9.37. The van der Waals surface area contributed by atoms with E-state index in [-0.39, 0.29) is 0 Å². The van der Waals surface area contributed by atoms with Crippen molar-refractivity contribution in [3.8, 4) is 11.4 Å². The highest BCUT2D eigenvalue weighted by molar-refractivity contribution is 5.37. The van der Waals surface area contributed by atoms with Crippen LogP contribution in [-0.2, 0) is 0 Å². The minimum atomic E-state index is 0.511. The first-order valence-corrected chi connectivity index (χ1v) is 5.22. The molecule has 0 radical (unpaired) electrons. The molecule has 2 aromatic rings. The highest BCUT2D eigenvalue weighted by Gasteiger charge is 2.01. The first kappa shape index (κ1) is 10.6. The zero-order chi connectivity index (χ0) is 11.4. The first-order valence-electron chi connectivity index (χ1n) is 5.22. The van der Waals surface area contributed by atoms with Crippen LogP contribution >= 0.6 is 0 Å². The summed E-state index contributed by atoms with van der Waals surface area (Å²) < 4.78 is 7.22. The Balaban J connectivity index is 2.14. The van der Waals surface area contributed by atoms with Gasteiger partial charge < -0.3 is 4.74 Å². The lowest BCUT2D eigenvalue weighted by molar-refractivity contribution is 0.271. The molecule has 0 bridgehead atoms. The molecule has 5 nitrogen and oxygen atoms in total. The van der Waals surface area contributed by atoms with Crippen molar-refractivity contribution >= 4 is 0 Å². The Labute approximate surface area is 94.0 Å². The van der Waals surface area contributed by atoms with Crippen LogP contribution in [0.25, 0.3) is 5.69 Å². The van der Waals surface area contributed by atoms with E-state index in [2.05, 4.69) is 29.4 Å². The van der Waals surface area contributed by atoms with Crippen molar-refractivity contribution in [2.24, 2.45) is 5.92 Å². The summed E-state index contributed by atoms with van der Waals surface area (Å²) in [7, 11) is 0. The fourth-order valence-electron chi connectivity index (χ4n) is 1.26. The molecule has 0 fully saturated rings. The molecule has 84 valence electrons. The number of ether oxygens (including phenoxy) is 1. The SMILES string of the molecule is CC(C)COc1cccc(-n2cnnn2)c1. The lowest BCUT2D eigenvalue weighted by atomic mass is 10.2. The largest absolute Gasteiger partial charge is 0.493 e. The maximum absolute atomic E-state index is 5.62. The number of benzene rings is 1. The third-order valence-corrected chi connectivity index (χ3v) is 2.01. The standard InChI is InChI=1S/C11H14N4O/c1-9(2)7-16-11-5-3-4-10(6-11)15-8-12-13-14-15/h3-6,8-9H,7H2,1-2H3. The van der Waals surface area contributed by atoms with Gasteiger partial charge in [0.1, 0.15) is 12.1 Å². The zero-order valence-electron chi connectivity index (χ0n) is 9.37. The van der Waals surface area contributed by atoms with Gasteiger partial charge in [-0.05, 0) is 28.5 Å². The fourth-order valence-corrected chi connectivity index (χ4v) is 1.26. The third-order valence-electron chi connectivity index (χ3n) is 2.01. The van der Waals surface area contributed by atoms with Crippen LogP contribution in [0.15, 0.2) is 30.6 Å². The quantitative estimate of drug-likeness (QED) is 0.783. The molecular weight excluding hydrogens is 204 g/mol. The first-order chi connectivity index (χ1) is 7.75. The predicted octanol–water partition coefficient (Wildman–Crippen LogP) is 1.70. The number of hydrogen-bond acceptors (Lipinski definition) is 4. The molecule has 0 aliphatic carbocycles. The van der Waals surface area contributed by atoms with Gasteiger partial charge >= 0.3 is 0 Å². The molecule has 0 saturated heterocycles. The molecule has 5 heteroatoms. The number of aromatic nitrogens is 4. The van der Waals surface area contributed by atoms with E-state index >= 15 is 0 Å². The van der Waals surface area contributed by atoms with Gasteiger partial charge in [-0.3, -0.25) is 0 Å². The second-order valence-corrected chi connectivity index (χ2v) is 3.96. The maximum atomic E-state index is 5.62. The van der Waals surface area contributed by atoms with Crippen LogP contribution in [0, 0.1) is 5.92 Å². The molecule has 0 atom stereocenters. The number of tetrazole rings is 1. The van der Waals surface area contributed by atoms with Gasteiger partial charge in [-0.1, -0.05) is 19.9 Å². The molecule has 1 aromatic heterocycles. The topological polar surface area (TPSA) is 52.8 Å². The molecule has 0 unspecified atom stereocenters. The normalized spacial score (nSPS) is 10.7. The summed E-state index contributed by atoms with van der Waals surface area (Å²) in [4.78, 5) is 0. The Morgan fingerprint density at radius 3 is 2.94 bits per heavy atom. The van der Waals surface area contributed by atoms with Crippen LogP contribution in [-0.4, -0.2) is 26.8 Å². The molecule has 1 heterocycles. The van der Waals surface area contributed by atoms with Crippen molar-refractivity contribution in [2.75, 3.05) is 6.61 Å². The number of nitrogens with zero attached hydrogens (tertiary/aromatic N) is 4. The van der Waals surface area contributed by atoms with E-state index in [1.54, 1.807) is 11.0 Å². The van der Waals surface area contributed by atoms with Crippen molar-refractivity contribution in [2.45, 2.75) is 13.8 Å². The molecule has 0 saturated carbocycles. The van der Waals surface area contributed by atoms with Crippen molar-refractivity contribution in [1.29, 1.82) is 0 Å². The van der Waals surface area contributed by atoms with Gasteiger partial charge in [-0.25, -0.2) is 4.68 Å². The average molecular weight is 218 g/mol. The Morgan fingerprint density at radius 2 is 2.25 bits per heavy atom. The van der Waals surface area contributed by atoms with E-state index in [1.165, 1.54) is 0 Å². The van der Waals surface area contributed by atoms with Crippen molar-refractivity contribution in [3.05, 3.63) is 30.6 Å². The summed E-state index contributed by atoms with van der Waals surface area (Å²) in [5.41, 5.74) is 0.895. The Bertz CT molecular complexity index is 439. The molecule has 0 spiro atoms. The van der Waals surface area contributed by atoms with Crippen molar-refractivity contribution in [3.63, 3.8) is 0 Å². The lowest BCUT2D eigenvalue weighted by Gasteiger charge is -2.09. The highest BCUT2D eigenvalue weighted by Crippen LogP contribution is 2.16. The Hall–Kier alpha value is -1.91. The molecule has 2 rings (SSSR count). The summed E-state index contributed by atoms with van der Waals surface area (Å²) >= 11 is 0. The second kappa shape index (κ2) is 4.74. The average Bonchev–Trinajstić information content (AvgIpc) is 2.80. The smallest absolute Gasteiger partial charge is 0.143 e. The highest BCUT2D eigenvalue weighted by atomic mass is 16.5. The summed E-state index contributed by atoms with van der Waals surface area (Å²) in [6.07, 6.45) is 1.56. The Kier molecular flexibility index (Phi) is 3.14. The fraction of sp³-hybridized carbons (Fsp3) is 0.364. The molecule has 0 aliphatic rings. The molecule has 16 heavy (non-hydrogen) atoms. The lowest BCUT2D eigenvalue weighted by Crippen LogP contribution is -2.05. The molecular formula is C11H14N4O. The van der Waals surface area contributed by atoms with E-state index < -0.39 is 0 Å². The maximum Gasteiger partial charge on any atom is 0.143 e. The molecule has 0 N–H and O–H groups in total. The summed E-state index contributed by atoms with van der Waals surface area (Å²) in [6.45, 7) is 4.94. The number of rotatable bonds is 4. The minimum absolute atomic E-state index is 0.511. The van der Waals surface area contributed by atoms with E-state index in [4.69, 9.17) is 4.74 Å². The Morgan fingerprint density at radius 1 is 1.38 bits per heavy atom. The van der Waals surface area contributed by atoms with Crippen LogP contribution in [0.3, 0.4) is 0 Å². The number of hydrogen-bond donors (Lipinski definition) is 0. The van der Waals surface area contributed by atoms with E-state index in [9.17, 15) is 0 Å². The van der Waals surface area contributed by atoms with Gasteiger partial charge in [0.15, 0.2) is 0 Å². The summed E-state index contributed by atoms with van der Waals surface area (Å²) in [6, 6.07) is 7.69. The molecule has 0 aliphatic heterocycles. The monoisotopic (exact) mass is 218 g/mol. The van der Waals surface area contributed by atoms with Crippen molar-refractivity contribution in [1.82, 2.24) is 20.2 Å². The van der Waals surface area contributed by atoms with Crippen LogP contribution in [0.5, 0.6) is 5.75 Å². The second-order valence-electron chi connectivity index (χ2n) is 3.96. The van der Waals surface area contributed by atoms with E-state index in [0.29, 0.717) is 12.5 Å². The van der Waals surface area contributed by atoms with Crippen LogP contribution < -0.4 is 4.74 Å². The van der Waals surface area contributed by atoms with Gasteiger partial charge in [-0.15, -0.1) is 5.10 Å². The summed E-state index contributed by atoms with van der Waals surface area (Å²) in [5.74, 6) is 1.35. The predicted molar refractivity (Wildman–Crippen MR) is 59.5 cm³/mol. The van der Waals surface area contributed by atoms with Crippen LogP contribution in [0.1, 0.15) is 13.8 Å². The van der Waals surface area contributed by atoms with Gasteiger partial charge in [-0.2, -0.15) is 0 Å². The van der Waals surface area contributed by atoms with E-state index in [0.717, 1.165) is 11.4 Å². The van der Waals surface area contributed by atoms with Gasteiger partial charge in [0.05, 0.1) is 12.3 Å². The molecule has 1 aromatic carbocycles. The van der Waals surface area contributed by atoms with Crippen LogP contribution in [0.2, 0.25) is 0 Å². The van der Waals surface area contributed by atoms with Gasteiger partial charge in [0, 0.05) is 6.07 Å². The van der Waals surface area contributed by atoms with E-state index in [1.807, 2.05) is 24.3 Å². The van der Waals surface area contributed by atoms with Gasteiger partial charge in [0.2, 0.25) is 0 Å². The van der Waals surface area contributed by atoms with Crippen LogP contribution in [0.4, 0.5) is 0 Å². The summed E-state index contributed by atoms with van der Waals surface area (Å²) in [5, 5.41) is 11.0. The van der Waals surface area contributed by atoms with Crippen molar-refractivity contribution < 1.29 is 4.74 Å². The third kappa shape index (κ3) is 2.56. The molecule has 0 amide bonds. The minimum Gasteiger partial charge on any atom is -0.493 e.